The molecule has 1 aliphatic rings. The van der Waals surface area contributed by atoms with Gasteiger partial charge in [0.1, 0.15) is 4.95 Å². The first-order chi connectivity index (χ1) is 3.30. The van der Waals surface area contributed by atoms with Crippen LogP contribution in [0.4, 0.5) is 0 Å². The molecule has 1 atom stereocenters. The van der Waals surface area contributed by atoms with Crippen molar-refractivity contribution in [1.29, 1.82) is 0 Å². The van der Waals surface area contributed by atoms with E-state index in [0.29, 0.717) is 0 Å². The zero-order valence-corrected chi connectivity index (χ0v) is 6.55. The van der Waals surface area contributed by atoms with Gasteiger partial charge in [0.25, 0.3) is 0 Å². The fourth-order valence-corrected chi connectivity index (χ4v) is 0.729. The van der Waals surface area contributed by atoms with Crippen LogP contribution >= 0.6 is 32.1 Å². The molecular weight excluding hydrogens is 226 g/mol. The third-order valence-electron chi connectivity index (χ3n) is 0.612. The first-order valence-electron chi connectivity index (χ1n) is 1.77. The Hall–Kier alpha value is 0.360. The lowest BCUT2D eigenvalue weighted by atomic mass is 10.7. The number of alkyl halides is 1. The van der Waals surface area contributed by atoms with Gasteiger partial charge < -0.3 is 0 Å². The average Bonchev–Trinajstić information content (AvgIpc) is 1.91. The van der Waals surface area contributed by atoms with Gasteiger partial charge in [0.05, 0.1) is 22.7 Å². The molecule has 0 amide bonds. The van der Waals surface area contributed by atoms with Crippen LogP contribution in [0.1, 0.15) is 0 Å². The molecule has 7 heavy (non-hydrogen) atoms. The topological polar surface area (TPSA) is 28.0 Å². The van der Waals surface area contributed by atoms with Crippen LogP contribution in [0.2, 0.25) is 0 Å². The average molecular weight is 229 g/mol. The molecular formula is C2H3Br2N3. The van der Waals surface area contributed by atoms with Crippen LogP contribution in [0.3, 0.4) is 0 Å². The molecule has 0 aliphatic carbocycles. The van der Waals surface area contributed by atoms with Gasteiger partial charge >= 0.3 is 0 Å². The van der Waals surface area contributed by atoms with Crippen molar-refractivity contribution in [1.82, 2.24) is 4.03 Å². The Kier molecular flexibility index (Phi) is 1.64. The predicted octanol–water partition coefficient (Wildman–Crippen LogP) is 1.70. The molecule has 0 bridgehead atoms. The largest absolute Gasteiger partial charge is 0.196 e. The quantitative estimate of drug-likeness (QED) is 0.353. The van der Waals surface area contributed by atoms with Crippen LogP contribution in [0.5, 0.6) is 0 Å². The summed E-state index contributed by atoms with van der Waals surface area (Å²) in [7, 11) is 0. The van der Waals surface area contributed by atoms with Gasteiger partial charge in [0.2, 0.25) is 0 Å². The molecule has 0 saturated heterocycles. The molecule has 0 aromatic carbocycles. The zero-order chi connectivity index (χ0) is 5.28. The zero-order valence-electron chi connectivity index (χ0n) is 3.38. The highest BCUT2D eigenvalue weighted by Gasteiger charge is 2.14. The van der Waals surface area contributed by atoms with E-state index in [1.54, 1.807) is 4.03 Å². The molecule has 3 nitrogen and oxygen atoms in total. The second-order valence-electron chi connectivity index (χ2n) is 1.14. The molecule has 5 heteroatoms. The molecule has 0 fully saturated rings. The van der Waals surface area contributed by atoms with E-state index in [9.17, 15) is 0 Å². The summed E-state index contributed by atoms with van der Waals surface area (Å²) in [4.78, 5) is 0.243. The van der Waals surface area contributed by atoms with Crippen molar-refractivity contribution in [3.05, 3.63) is 0 Å². The SMILES string of the molecule is BrC1CN=NN1Br. The Morgan fingerprint density at radius 1 is 1.71 bits per heavy atom. The molecule has 0 aromatic heterocycles. The van der Waals surface area contributed by atoms with Gasteiger partial charge in [-0.25, -0.2) is 0 Å². The van der Waals surface area contributed by atoms with Crippen molar-refractivity contribution < 1.29 is 0 Å². The molecule has 0 saturated carbocycles. The van der Waals surface area contributed by atoms with E-state index in [1.807, 2.05) is 0 Å². The fraction of sp³-hybridized carbons (Fsp3) is 1.00. The maximum Gasteiger partial charge on any atom is 0.137 e. The Labute approximate surface area is 58.2 Å². The van der Waals surface area contributed by atoms with Gasteiger partial charge in [0.15, 0.2) is 0 Å². The Balaban J connectivity index is 2.45. The minimum atomic E-state index is 0.243. The van der Waals surface area contributed by atoms with Crippen molar-refractivity contribution in [2.24, 2.45) is 10.3 Å². The third kappa shape index (κ3) is 1.13. The van der Waals surface area contributed by atoms with E-state index in [-0.39, 0.29) is 4.95 Å². The highest BCUT2D eigenvalue weighted by atomic mass is 79.9. The highest BCUT2D eigenvalue weighted by Crippen LogP contribution is 2.18. The fourth-order valence-electron chi connectivity index (χ4n) is 0.288. The summed E-state index contributed by atoms with van der Waals surface area (Å²) in [6.45, 7) is 0.727. The second-order valence-corrected chi connectivity index (χ2v) is 2.92. The molecule has 0 N–H and O–H groups in total. The third-order valence-corrected chi connectivity index (χ3v) is 2.48. The molecule has 0 radical (unpaired) electrons. The van der Waals surface area contributed by atoms with Gasteiger partial charge in [-0.05, 0) is 0 Å². The first kappa shape index (κ1) is 5.50. The monoisotopic (exact) mass is 227 g/mol. The Bertz CT molecular complexity index is 92.9. The summed E-state index contributed by atoms with van der Waals surface area (Å²) in [5.74, 6) is 0. The summed E-state index contributed by atoms with van der Waals surface area (Å²) in [6.07, 6.45) is 0. The molecule has 1 heterocycles. The summed E-state index contributed by atoms with van der Waals surface area (Å²) < 4.78 is 1.59. The molecule has 40 valence electrons. The number of rotatable bonds is 0. The van der Waals surface area contributed by atoms with Gasteiger partial charge in [-0.15, -0.1) is 0 Å². The van der Waals surface area contributed by atoms with Crippen LogP contribution in [0.25, 0.3) is 0 Å². The maximum absolute atomic E-state index is 3.70. The van der Waals surface area contributed by atoms with E-state index in [2.05, 4.69) is 42.4 Å². The standard InChI is InChI=1S/C2H3Br2N3/c3-2-1-5-6-7(2)4/h2H,1H2. The predicted molar refractivity (Wildman–Crippen MR) is 33.2 cm³/mol. The summed E-state index contributed by atoms with van der Waals surface area (Å²) in [6, 6.07) is 0. The first-order valence-corrected chi connectivity index (χ1v) is 3.39. The maximum atomic E-state index is 3.70. The molecule has 1 rings (SSSR count). The minimum Gasteiger partial charge on any atom is -0.196 e. The van der Waals surface area contributed by atoms with Crippen molar-refractivity contribution in [2.45, 2.75) is 4.95 Å². The Morgan fingerprint density at radius 2 is 2.43 bits per heavy atom. The van der Waals surface area contributed by atoms with E-state index in [4.69, 9.17) is 0 Å². The van der Waals surface area contributed by atoms with E-state index in [1.165, 1.54) is 0 Å². The summed E-state index contributed by atoms with van der Waals surface area (Å²) >= 11 is 6.42. The Morgan fingerprint density at radius 3 is 2.57 bits per heavy atom. The van der Waals surface area contributed by atoms with Crippen molar-refractivity contribution in [3.8, 4) is 0 Å². The number of nitrogens with zero attached hydrogens (tertiary/aromatic N) is 3. The van der Waals surface area contributed by atoms with Crippen molar-refractivity contribution in [2.75, 3.05) is 6.54 Å². The molecule has 0 spiro atoms. The van der Waals surface area contributed by atoms with E-state index >= 15 is 0 Å². The van der Waals surface area contributed by atoms with Crippen LogP contribution in [0, 0.1) is 0 Å². The van der Waals surface area contributed by atoms with Crippen molar-refractivity contribution >= 4 is 32.1 Å². The van der Waals surface area contributed by atoms with Gasteiger partial charge in [-0.1, -0.05) is 21.2 Å². The molecule has 1 unspecified atom stereocenters. The van der Waals surface area contributed by atoms with Gasteiger partial charge in [-0.2, -0.15) is 9.15 Å². The van der Waals surface area contributed by atoms with Crippen LogP contribution in [-0.4, -0.2) is 15.5 Å². The normalized spacial score (nSPS) is 29.4. The summed E-state index contributed by atoms with van der Waals surface area (Å²) in [5, 5.41) is 7.35. The summed E-state index contributed by atoms with van der Waals surface area (Å²) in [5.41, 5.74) is 0. The lowest BCUT2D eigenvalue weighted by Gasteiger charge is -2.03. The minimum absolute atomic E-state index is 0.243. The highest BCUT2D eigenvalue weighted by molar-refractivity contribution is 9.11. The number of hydrogen-bond acceptors (Lipinski definition) is 3. The van der Waals surface area contributed by atoms with Gasteiger partial charge in [-0.3, -0.25) is 0 Å². The van der Waals surface area contributed by atoms with E-state index < -0.39 is 0 Å². The lowest BCUT2D eigenvalue weighted by molar-refractivity contribution is 0.554. The molecule has 1 aliphatic heterocycles. The second kappa shape index (κ2) is 2.09. The van der Waals surface area contributed by atoms with Crippen molar-refractivity contribution in [3.63, 3.8) is 0 Å². The van der Waals surface area contributed by atoms with Crippen LogP contribution < -0.4 is 0 Å². The smallest absolute Gasteiger partial charge is 0.137 e. The van der Waals surface area contributed by atoms with E-state index in [0.717, 1.165) is 6.54 Å². The molecule has 0 aromatic rings. The number of halogens is 2. The van der Waals surface area contributed by atoms with Crippen LogP contribution in [-0.2, 0) is 0 Å². The van der Waals surface area contributed by atoms with Gasteiger partial charge in [0, 0.05) is 0 Å². The van der Waals surface area contributed by atoms with Crippen LogP contribution in [0.15, 0.2) is 10.3 Å². The lowest BCUT2D eigenvalue weighted by Crippen LogP contribution is -2.10. The number of hydrogen-bond donors (Lipinski definition) is 0.